The van der Waals surface area contributed by atoms with Gasteiger partial charge in [-0.1, -0.05) is 12.2 Å². The number of aromatic nitrogens is 1. The minimum absolute atomic E-state index is 0.120. The molecular formula is C12H11F3N2OS. The highest BCUT2D eigenvalue weighted by Crippen LogP contribution is 2.19. The lowest BCUT2D eigenvalue weighted by molar-refractivity contribution is -0.325. The summed E-state index contributed by atoms with van der Waals surface area (Å²) in [6.07, 6.45) is -2.89. The largest absolute Gasteiger partial charge is 0.522 e. The molecule has 0 aliphatic rings. The third-order valence-corrected chi connectivity index (χ3v) is 2.89. The van der Waals surface area contributed by atoms with E-state index in [1.54, 1.807) is 35.0 Å². The first-order valence-electron chi connectivity index (χ1n) is 5.46. The molecule has 0 bridgehead atoms. The van der Waals surface area contributed by atoms with Crippen LogP contribution >= 0.6 is 12.2 Å². The van der Waals surface area contributed by atoms with Gasteiger partial charge < -0.3 is 10.3 Å². The number of benzene rings is 1. The van der Waals surface area contributed by atoms with Crippen molar-refractivity contribution in [3.63, 3.8) is 0 Å². The van der Waals surface area contributed by atoms with Crippen molar-refractivity contribution in [1.29, 1.82) is 0 Å². The Morgan fingerprint density at radius 1 is 1.32 bits per heavy atom. The number of hydrogen-bond donors (Lipinski definition) is 1. The number of hydrogen-bond acceptors (Lipinski definition) is 2. The van der Waals surface area contributed by atoms with Gasteiger partial charge in [-0.05, 0) is 24.3 Å². The predicted molar refractivity (Wildman–Crippen MR) is 69.8 cm³/mol. The molecule has 0 radical (unpaired) electrons. The summed E-state index contributed by atoms with van der Waals surface area (Å²) in [5, 5.41) is 0.873. The highest BCUT2D eigenvalue weighted by atomic mass is 32.1. The predicted octanol–water partition coefficient (Wildman–Crippen LogP) is 2.81. The van der Waals surface area contributed by atoms with Gasteiger partial charge in [0.2, 0.25) is 0 Å². The molecule has 7 heteroatoms. The third kappa shape index (κ3) is 3.45. The number of fused-ring (bicyclic) bond motifs is 1. The summed E-state index contributed by atoms with van der Waals surface area (Å²) in [5.74, 6) is 0. The van der Waals surface area contributed by atoms with E-state index in [1.165, 1.54) is 0 Å². The highest BCUT2D eigenvalue weighted by Gasteiger charge is 2.28. The van der Waals surface area contributed by atoms with E-state index in [0.717, 1.165) is 16.5 Å². The Bertz CT molecular complexity index is 607. The molecule has 0 aliphatic carbocycles. The number of ether oxygens (including phenoxy) is 1. The number of nitrogens with two attached hydrogens (primary N) is 1. The van der Waals surface area contributed by atoms with Gasteiger partial charge in [-0.2, -0.15) is 0 Å². The third-order valence-electron chi connectivity index (χ3n) is 2.65. The second-order valence-electron chi connectivity index (χ2n) is 3.94. The maximum absolute atomic E-state index is 11.9. The lowest BCUT2D eigenvalue weighted by atomic mass is 10.1. The fourth-order valence-corrected chi connectivity index (χ4v) is 1.94. The second-order valence-corrected chi connectivity index (χ2v) is 4.38. The molecule has 1 aromatic carbocycles. The molecule has 2 aromatic rings. The van der Waals surface area contributed by atoms with Crippen molar-refractivity contribution >= 4 is 28.1 Å². The summed E-state index contributed by atoms with van der Waals surface area (Å²) in [4.78, 5) is 0.287. The van der Waals surface area contributed by atoms with Crippen molar-refractivity contribution in [3.05, 3.63) is 36.0 Å². The van der Waals surface area contributed by atoms with Crippen LogP contribution in [0.2, 0.25) is 0 Å². The van der Waals surface area contributed by atoms with Gasteiger partial charge in [0.15, 0.2) is 0 Å². The molecule has 2 rings (SSSR count). The normalized spacial score (nSPS) is 11.9. The van der Waals surface area contributed by atoms with Crippen LogP contribution in [0.5, 0.6) is 0 Å². The van der Waals surface area contributed by atoms with Gasteiger partial charge in [0.25, 0.3) is 0 Å². The van der Waals surface area contributed by atoms with E-state index in [-0.39, 0.29) is 11.5 Å². The lowest BCUT2D eigenvalue weighted by Gasteiger charge is -2.09. The average Bonchev–Trinajstić information content (AvgIpc) is 2.70. The number of alkyl halides is 3. The molecule has 102 valence electrons. The molecule has 0 amide bonds. The molecule has 0 aliphatic heterocycles. The van der Waals surface area contributed by atoms with Crippen LogP contribution in [0.3, 0.4) is 0 Å². The molecule has 0 saturated carbocycles. The molecule has 0 unspecified atom stereocenters. The minimum atomic E-state index is -4.60. The zero-order valence-electron chi connectivity index (χ0n) is 9.78. The smallest absolute Gasteiger partial charge is 0.389 e. The first-order chi connectivity index (χ1) is 8.87. The summed E-state index contributed by atoms with van der Waals surface area (Å²) in [6, 6.07) is 7.12. The van der Waals surface area contributed by atoms with Crippen LogP contribution in [-0.2, 0) is 11.3 Å². The molecule has 0 spiro atoms. The maximum atomic E-state index is 11.9. The molecular weight excluding hydrogens is 277 g/mol. The van der Waals surface area contributed by atoms with Crippen LogP contribution < -0.4 is 5.73 Å². The number of nitrogens with zero attached hydrogens (tertiary/aromatic N) is 1. The Morgan fingerprint density at radius 2 is 2.05 bits per heavy atom. The molecule has 0 fully saturated rings. The minimum Gasteiger partial charge on any atom is -0.389 e. The van der Waals surface area contributed by atoms with Crippen molar-refractivity contribution in [2.24, 2.45) is 5.73 Å². The Balaban J connectivity index is 2.15. The monoisotopic (exact) mass is 288 g/mol. The number of thiocarbonyl (C=S) groups is 1. The Kier molecular flexibility index (Phi) is 3.77. The first kappa shape index (κ1) is 13.8. The van der Waals surface area contributed by atoms with Gasteiger partial charge in [0, 0.05) is 29.2 Å². The van der Waals surface area contributed by atoms with Gasteiger partial charge in [-0.15, -0.1) is 13.2 Å². The molecule has 0 atom stereocenters. The van der Waals surface area contributed by atoms with E-state index in [9.17, 15) is 13.2 Å². The Morgan fingerprint density at radius 3 is 2.68 bits per heavy atom. The van der Waals surface area contributed by atoms with Crippen molar-refractivity contribution in [3.8, 4) is 0 Å². The molecule has 3 nitrogen and oxygen atoms in total. The van der Waals surface area contributed by atoms with Crippen molar-refractivity contribution < 1.29 is 17.9 Å². The quantitative estimate of drug-likeness (QED) is 0.879. The zero-order valence-corrected chi connectivity index (χ0v) is 10.6. The standard InChI is InChI=1S/C12H11F3N2OS/c13-12(14,15)18-6-5-17-4-3-8-7-9(11(16)19)1-2-10(8)17/h1-4,7H,5-6H2,(H2,16,19). The number of halogens is 3. The summed E-state index contributed by atoms with van der Waals surface area (Å²) < 4.78 is 41.1. The molecule has 19 heavy (non-hydrogen) atoms. The molecule has 1 aromatic heterocycles. The van der Waals surface area contributed by atoms with Crippen LogP contribution in [0, 0.1) is 0 Å². The van der Waals surface area contributed by atoms with Crippen LogP contribution in [0.25, 0.3) is 10.9 Å². The van der Waals surface area contributed by atoms with E-state index < -0.39 is 13.0 Å². The lowest BCUT2D eigenvalue weighted by Crippen LogP contribution is -2.17. The van der Waals surface area contributed by atoms with Crippen molar-refractivity contribution in [2.75, 3.05) is 6.61 Å². The average molecular weight is 288 g/mol. The summed E-state index contributed by atoms with van der Waals surface area (Å²) >= 11 is 4.87. The maximum Gasteiger partial charge on any atom is 0.522 e. The van der Waals surface area contributed by atoms with E-state index in [0.29, 0.717) is 0 Å². The summed E-state index contributed by atoms with van der Waals surface area (Å²) in [5.41, 5.74) is 7.06. The first-order valence-corrected chi connectivity index (χ1v) is 5.87. The van der Waals surface area contributed by atoms with E-state index in [4.69, 9.17) is 18.0 Å². The van der Waals surface area contributed by atoms with E-state index in [2.05, 4.69) is 4.74 Å². The second kappa shape index (κ2) is 5.18. The van der Waals surface area contributed by atoms with Crippen LogP contribution in [-0.4, -0.2) is 22.5 Å². The summed E-state index contributed by atoms with van der Waals surface area (Å²) in [7, 11) is 0. The van der Waals surface area contributed by atoms with Crippen molar-refractivity contribution in [2.45, 2.75) is 12.9 Å². The molecule has 2 N–H and O–H groups in total. The fraction of sp³-hybridized carbons (Fsp3) is 0.250. The number of rotatable bonds is 4. The molecule has 1 heterocycles. The highest BCUT2D eigenvalue weighted by molar-refractivity contribution is 7.80. The van der Waals surface area contributed by atoms with Gasteiger partial charge in [0.1, 0.15) is 4.99 Å². The topological polar surface area (TPSA) is 40.2 Å². The van der Waals surface area contributed by atoms with E-state index in [1.807, 2.05) is 0 Å². The Hall–Kier alpha value is -1.60. The fourth-order valence-electron chi connectivity index (χ4n) is 1.81. The van der Waals surface area contributed by atoms with Gasteiger partial charge in [-0.3, -0.25) is 4.74 Å². The van der Waals surface area contributed by atoms with Crippen LogP contribution in [0.1, 0.15) is 5.56 Å². The Labute approximate surface area is 112 Å². The summed E-state index contributed by atoms with van der Waals surface area (Å²) in [6.45, 7) is -0.306. The van der Waals surface area contributed by atoms with Gasteiger partial charge in [-0.25, -0.2) is 0 Å². The van der Waals surface area contributed by atoms with Gasteiger partial charge >= 0.3 is 6.36 Å². The van der Waals surface area contributed by atoms with Gasteiger partial charge in [0.05, 0.1) is 6.61 Å². The van der Waals surface area contributed by atoms with E-state index >= 15 is 0 Å². The molecule has 0 saturated heterocycles. The zero-order chi connectivity index (χ0) is 14.0. The van der Waals surface area contributed by atoms with Crippen LogP contribution in [0.4, 0.5) is 13.2 Å². The SMILES string of the molecule is NC(=S)c1ccc2c(ccn2CCOC(F)(F)F)c1. The van der Waals surface area contributed by atoms with Crippen LogP contribution in [0.15, 0.2) is 30.5 Å². The van der Waals surface area contributed by atoms with Crippen molar-refractivity contribution in [1.82, 2.24) is 4.57 Å².